The van der Waals surface area contributed by atoms with Crippen LogP contribution in [0.25, 0.3) is 10.9 Å². The number of carbonyl (C=O) groups excluding carboxylic acids is 1. The van der Waals surface area contributed by atoms with Gasteiger partial charge >= 0.3 is 5.97 Å². The van der Waals surface area contributed by atoms with Crippen LogP contribution in [-0.4, -0.2) is 41.7 Å². The molecule has 9 heteroatoms. The van der Waals surface area contributed by atoms with Crippen LogP contribution in [0.1, 0.15) is 49.0 Å². The molecule has 1 saturated heterocycles. The van der Waals surface area contributed by atoms with Crippen molar-refractivity contribution in [3.63, 3.8) is 0 Å². The molecular formula is C23H25N3O5S. The Morgan fingerprint density at radius 1 is 1.12 bits per heavy atom. The molecule has 0 saturated carbocycles. The van der Waals surface area contributed by atoms with E-state index < -0.39 is 22.1 Å². The second kappa shape index (κ2) is 8.84. The topological polar surface area (TPSA) is 109 Å². The Bertz CT molecular complexity index is 1290. The maximum atomic E-state index is 12.8. The number of ether oxygens (including phenoxy) is 1. The smallest absolute Gasteiger partial charge is 0.338 e. The van der Waals surface area contributed by atoms with Gasteiger partial charge in [-0.15, -0.1) is 0 Å². The fourth-order valence-electron chi connectivity index (χ4n) is 3.72. The molecule has 2 aromatic carbocycles. The number of hydrogen-bond acceptors (Lipinski definition) is 6. The molecule has 1 fully saturated rings. The van der Waals surface area contributed by atoms with Gasteiger partial charge in [-0.2, -0.15) is 4.31 Å². The van der Waals surface area contributed by atoms with Crippen LogP contribution in [0, 0.1) is 5.92 Å². The van der Waals surface area contributed by atoms with Crippen molar-refractivity contribution in [2.45, 2.75) is 37.7 Å². The maximum absolute atomic E-state index is 12.8. The average molecular weight is 456 g/mol. The number of fused-ring (bicyclic) bond motifs is 1. The van der Waals surface area contributed by atoms with Crippen molar-refractivity contribution in [1.29, 1.82) is 0 Å². The van der Waals surface area contributed by atoms with Crippen LogP contribution in [0.2, 0.25) is 0 Å². The first-order valence-corrected chi connectivity index (χ1v) is 12.0. The van der Waals surface area contributed by atoms with Gasteiger partial charge in [0.2, 0.25) is 10.0 Å². The summed E-state index contributed by atoms with van der Waals surface area (Å²) in [6, 6.07) is 12.6. The summed E-state index contributed by atoms with van der Waals surface area (Å²) in [5, 5.41) is 0.453. The first-order valence-electron chi connectivity index (χ1n) is 10.6. The molecule has 2 heterocycles. The second-order valence-electron chi connectivity index (χ2n) is 8.13. The van der Waals surface area contributed by atoms with Crippen LogP contribution in [0.15, 0.2) is 58.2 Å². The SMILES string of the molecule is CC1CCN(S(=O)(=O)c2ccc(C(=O)O[C@H](C)c3nc4ccccc4c(=O)[nH]3)cc2)CC1. The van der Waals surface area contributed by atoms with Gasteiger partial charge in [-0.25, -0.2) is 18.2 Å². The zero-order chi connectivity index (χ0) is 22.9. The number of para-hydroxylation sites is 1. The quantitative estimate of drug-likeness (QED) is 0.592. The first-order chi connectivity index (χ1) is 15.3. The van der Waals surface area contributed by atoms with Gasteiger partial charge in [0.1, 0.15) is 0 Å². The van der Waals surface area contributed by atoms with Gasteiger partial charge in [-0.1, -0.05) is 19.1 Å². The molecule has 32 heavy (non-hydrogen) atoms. The van der Waals surface area contributed by atoms with E-state index in [9.17, 15) is 18.0 Å². The molecule has 168 valence electrons. The van der Waals surface area contributed by atoms with E-state index in [0.29, 0.717) is 29.9 Å². The van der Waals surface area contributed by atoms with Crippen molar-refractivity contribution in [3.05, 3.63) is 70.3 Å². The zero-order valence-electron chi connectivity index (χ0n) is 17.9. The number of sulfonamides is 1. The Morgan fingerprint density at radius 3 is 2.47 bits per heavy atom. The summed E-state index contributed by atoms with van der Waals surface area (Å²) in [4.78, 5) is 32.0. The van der Waals surface area contributed by atoms with Crippen LogP contribution < -0.4 is 5.56 Å². The van der Waals surface area contributed by atoms with Crippen LogP contribution in [0.4, 0.5) is 0 Å². The van der Waals surface area contributed by atoms with Gasteiger partial charge in [-0.05, 0) is 62.1 Å². The molecule has 0 unspecified atom stereocenters. The number of nitrogens with zero attached hydrogens (tertiary/aromatic N) is 2. The lowest BCUT2D eigenvalue weighted by molar-refractivity contribution is 0.0320. The standard InChI is InChI=1S/C23H25N3O5S/c1-15-11-13-26(14-12-15)32(29,30)18-9-7-17(8-10-18)23(28)31-16(2)21-24-20-6-4-3-5-19(20)22(27)25-21/h3-10,15-16H,11-14H2,1-2H3,(H,24,25,27)/t16-/m1/s1. The molecule has 8 nitrogen and oxygen atoms in total. The van der Waals surface area contributed by atoms with Crippen LogP contribution in [-0.2, 0) is 14.8 Å². The Balaban J connectivity index is 1.48. The fourth-order valence-corrected chi connectivity index (χ4v) is 5.19. The minimum atomic E-state index is -3.59. The minimum absolute atomic E-state index is 0.150. The number of rotatable bonds is 5. The van der Waals surface area contributed by atoms with Crippen molar-refractivity contribution in [2.75, 3.05) is 13.1 Å². The number of aromatic nitrogens is 2. The van der Waals surface area contributed by atoms with Gasteiger partial charge in [0.05, 0.1) is 21.4 Å². The molecule has 0 amide bonds. The Morgan fingerprint density at radius 2 is 1.78 bits per heavy atom. The van der Waals surface area contributed by atoms with E-state index in [1.807, 2.05) is 0 Å². The third kappa shape index (κ3) is 4.44. The number of carbonyl (C=O) groups is 1. The van der Waals surface area contributed by atoms with Crippen molar-refractivity contribution in [1.82, 2.24) is 14.3 Å². The van der Waals surface area contributed by atoms with Crippen molar-refractivity contribution >= 4 is 26.9 Å². The minimum Gasteiger partial charge on any atom is -0.451 e. The van der Waals surface area contributed by atoms with Crippen LogP contribution in [0.5, 0.6) is 0 Å². The first kappa shape index (κ1) is 22.2. The summed E-state index contributed by atoms with van der Waals surface area (Å²) >= 11 is 0. The molecule has 4 rings (SSSR count). The summed E-state index contributed by atoms with van der Waals surface area (Å²) < 4.78 is 32.6. The zero-order valence-corrected chi connectivity index (χ0v) is 18.8. The molecule has 0 bridgehead atoms. The van der Waals surface area contributed by atoms with E-state index in [4.69, 9.17) is 4.74 Å². The number of esters is 1. The van der Waals surface area contributed by atoms with Crippen molar-refractivity contribution in [2.24, 2.45) is 5.92 Å². The van der Waals surface area contributed by atoms with Gasteiger partial charge < -0.3 is 9.72 Å². The van der Waals surface area contributed by atoms with E-state index in [-0.39, 0.29) is 21.8 Å². The lowest BCUT2D eigenvalue weighted by atomic mass is 10.0. The summed E-state index contributed by atoms with van der Waals surface area (Å²) in [5.41, 5.74) is 0.414. The lowest BCUT2D eigenvalue weighted by Gasteiger charge is -2.29. The van der Waals surface area contributed by atoms with Gasteiger partial charge in [-0.3, -0.25) is 4.79 Å². The molecular weight excluding hydrogens is 430 g/mol. The highest BCUT2D eigenvalue weighted by molar-refractivity contribution is 7.89. The van der Waals surface area contributed by atoms with Crippen molar-refractivity contribution < 1.29 is 17.9 Å². The molecule has 1 aliphatic heterocycles. The van der Waals surface area contributed by atoms with Gasteiger partial charge in [0.25, 0.3) is 5.56 Å². The Hall–Kier alpha value is -3.04. The number of aromatic amines is 1. The number of H-pyrrole nitrogens is 1. The lowest BCUT2D eigenvalue weighted by Crippen LogP contribution is -2.37. The predicted molar refractivity (Wildman–Crippen MR) is 120 cm³/mol. The molecule has 1 N–H and O–H groups in total. The highest BCUT2D eigenvalue weighted by Crippen LogP contribution is 2.24. The van der Waals surface area contributed by atoms with Crippen LogP contribution in [0.3, 0.4) is 0 Å². The van der Waals surface area contributed by atoms with E-state index in [2.05, 4.69) is 16.9 Å². The number of benzene rings is 2. The average Bonchev–Trinajstić information content (AvgIpc) is 2.79. The number of hydrogen-bond donors (Lipinski definition) is 1. The molecule has 0 radical (unpaired) electrons. The highest BCUT2D eigenvalue weighted by Gasteiger charge is 2.28. The Kier molecular flexibility index (Phi) is 6.12. The monoisotopic (exact) mass is 455 g/mol. The maximum Gasteiger partial charge on any atom is 0.338 e. The molecule has 0 aliphatic carbocycles. The molecule has 1 aliphatic rings. The summed E-state index contributed by atoms with van der Waals surface area (Å²) in [5.74, 6) is 0.122. The summed E-state index contributed by atoms with van der Waals surface area (Å²) in [6.45, 7) is 4.74. The fraction of sp³-hybridized carbons (Fsp3) is 0.348. The predicted octanol–water partition coefficient (Wildman–Crippen LogP) is 3.26. The number of piperidine rings is 1. The van der Waals surface area contributed by atoms with Crippen LogP contribution >= 0.6 is 0 Å². The van der Waals surface area contributed by atoms with E-state index in [1.165, 1.54) is 28.6 Å². The van der Waals surface area contributed by atoms with Gasteiger partial charge in [0, 0.05) is 13.1 Å². The largest absolute Gasteiger partial charge is 0.451 e. The number of nitrogens with one attached hydrogen (secondary N) is 1. The normalized spacial score (nSPS) is 16.7. The third-order valence-electron chi connectivity index (χ3n) is 5.77. The third-order valence-corrected chi connectivity index (χ3v) is 7.68. The molecule has 1 aromatic heterocycles. The summed E-state index contributed by atoms with van der Waals surface area (Å²) in [6.07, 6.45) is 0.886. The molecule has 3 aromatic rings. The van der Waals surface area contributed by atoms with E-state index in [1.54, 1.807) is 31.2 Å². The highest BCUT2D eigenvalue weighted by atomic mass is 32.2. The second-order valence-corrected chi connectivity index (χ2v) is 10.1. The summed E-state index contributed by atoms with van der Waals surface area (Å²) in [7, 11) is -3.59. The van der Waals surface area contributed by atoms with E-state index in [0.717, 1.165) is 12.8 Å². The van der Waals surface area contributed by atoms with E-state index >= 15 is 0 Å². The Labute approximate surface area is 186 Å². The molecule has 0 spiro atoms. The molecule has 1 atom stereocenters. The van der Waals surface area contributed by atoms with Gasteiger partial charge in [0.15, 0.2) is 11.9 Å². The van der Waals surface area contributed by atoms with Crippen molar-refractivity contribution in [3.8, 4) is 0 Å².